The lowest BCUT2D eigenvalue weighted by atomic mass is 9.98. The number of rotatable bonds is 5. The molecule has 136 valence electrons. The molecule has 25 heavy (non-hydrogen) atoms. The van der Waals surface area contributed by atoms with Crippen LogP contribution in [0, 0.1) is 5.92 Å². The summed E-state index contributed by atoms with van der Waals surface area (Å²) in [6.07, 6.45) is 3.63. The van der Waals surface area contributed by atoms with Crippen molar-refractivity contribution in [3.05, 3.63) is 30.2 Å². The molecule has 3 rings (SSSR count). The van der Waals surface area contributed by atoms with Crippen LogP contribution in [-0.4, -0.2) is 51.3 Å². The van der Waals surface area contributed by atoms with E-state index in [1.807, 2.05) is 35.7 Å². The van der Waals surface area contributed by atoms with E-state index in [4.69, 9.17) is 4.74 Å². The van der Waals surface area contributed by atoms with Crippen molar-refractivity contribution in [2.24, 2.45) is 5.92 Å². The Kier molecular flexibility index (Phi) is 5.53. The number of nitrogens with one attached hydrogen (secondary N) is 1. The second-order valence-corrected chi connectivity index (χ2v) is 6.84. The number of aromatic nitrogens is 3. The SMILES string of the molecule is CCOC(=O)N1CCC(N[C@H](c2nnc3ccccn23)C(C)C)CC1. The molecule has 1 aliphatic rings. The highest BCUT2D eigenvalue weighted by atomic mass is 16.6. The summed E-state index contributed by atoms with van der Waals surface area (Å²) in [5, 5.41) is 12.4. The molecule has 1 atom stereocenters. The van der Waals surface area contributed by atoms with Gasteiger partial charge >= 0.3 is 6.09 Å². The van der Waals surface area contributed by atoms with Crippen molar-refractivity contribution in [3.8, 4) is 0 Å². The molecule has 0 saturated carbocycles. The zero-order chi connectivity index (χ0) is 17.8. The zero-order valence-electron chi connectivity index (χ0n) is 15.2. The van der Waals surface area contributed by atoms with Crippen LogP contribution in [0.25, 0.3) is 5.65 Å². The van der Waals surface area contributed by atoms with E-state index in [1.165, 1.54) is 0 Å². The third-order valence-corrected chi connectivity index (χ3v) is 4.72. The Morgan fingerprint density at radius 3 is 2.76 bits per heavy atom. The van der Waals surface area contributed by atoms with Gasteiger partial charge in [0.2, 0.25) is 0 Å². The molecule has 2 aromatic rings. The van der Waals surface area contributed by atoms with Gasteiger partial charge in [0.1, 0.15) is 0 Å². The van der Waals surface area contributed by atoms with Crippen LogP contribution in [0.15, 0.2) is 24.4 Å². The fraction of sp³-hybridized carbons (Fsp3) is 0.611. The molecule has 0 spiro atoms. The summed E-state index contributed by atoms with van der Waals surface area (Å²) in [4.78, 5) is 13.6. The number of amides is 1. The van der Waals surface area contributed by atoms with Gasteiger partial charge in [0, 0.05) is 25.3 Å². The number of ether oxygens (including phenoxy) is 1. The third-order valence-electron chi connectivity index (χ3n) is 4.72. The van der Waals surface area contributed by atoms with Gasteiger partial charge in [-0.25, -0.2) is 4.79 Å². The van der Waals surface area contributed by atoms with Crippen molar-refractivity contribution in [1.82, 2.24) is 24.8 Å². The van der Waals surface area contributed by atoms with Gasteiger partial charge < -0.3 is 15.0 Å². The fourth-order valence-electron chi connectivity index (χ4n) is 3.33. The Morgan fingerprint density at radius 2 is 2.08 bits per heavy atom. The predicted molar refractivity (Wildman–Crippen MR) is 95.3 cm³/mol. The molecule has 2 aromatic heterocycles. The van der Waals surface area contributed by atoms with Crippen molar-refractivity contribution < 1.29 is 9.53 Å². The molecule has 7 heteroatoms. The fourth-order valence-corrected chi connectivity index (χ4v) is 3.33. The number of pyridine rings is 1. The van der Waals surface area contributed by atoms with Gasteiger partial charge in [-0.3, -0.25) is 4.40 Å². The summed E-state index contributed by atoms with van der Waals surface area (Å²) >= 11 is 0. The van der Waals surface area contributed by atoms with Crippen molar-refractivity contribution in [2.75, 3.05) is 19.7 Å². The van der Waals surface area contributed by atoms with Gasteiger partial charge in [-0.2, -0.15) is 0 Å². The van der Waals surface area contributed by atoms with Crippen LogP contribution in [0.3, 0.4) is 0 Å². The first-order chi connectivity index (χ1) is 12.1. The first-order valence-corrected chi connectivity index (χ1v) is 9.07. The largest absolute Gasteiger partial charge is 0.450 e. The van der Waals surface area contributed by atoms with Gasteiger partial charge in [-0.15, -0.1) is 10.2 Å². The quantitative estimate of drug-likeness (QED) is 0.902. The predicted octanol–water partition coefficient (Wildman–Crippen LogP) is 2.64. The molecule has 1 aliphatic heterocycles. The molecule has 1 amide bonds. The van der Waals surface area contributed by atoms with E-state index in [0.29, 0.717) is 18.6 Å². The third kappa shape index (κ3) is 3.92. The van der Waals surface area contributed by atoms with Gasteiger partial charge in [-0.1, -0.05) is 19.9 Å². The van der Waals surface area contributed by atoms with E-state index in [2.05, 4.69) is 29.4 Å². The molecule has 0 bridgehead atoms. The van der Waals surface area contributed by atoms with Crippen LogP contribution >= 0.6 is 0 Å². The second kappa shape index (κ2) is 7.82. The van der Waals surface area contributed by atoms with E-state index in [0.717, 1.165) is 37.4 Å². The van der Waals surface area contributed by atoms with Gasteiger partial charge in [0.15, 0.2) is 11.5 Å². The molecule has 1 N–H and O–H groups in total. The number of carbonyl (C=O) groups is 1. The van der Waals surface area contributed by atoms with E-state index < -0.39 is 0 Å². The molecule has 0 aliphatic carbocycles. The summed E-state index contributed by atoms with van der Waals surface area (Å²) in [6, 6.07) is 6.41. The van der Waals surface area contributed by atoms with Crippen LogP contribution in [0.2, 0.25) is 0 Å². The molecule has 3 heterocycles. The van der Waals surface area contributed by atoms with Crippen molar-refractivity contribution >= 4 is 11.7 Å². The number of likely N-dealkylation sites (tertiary alicyclic amines) is 1. The summed E-state index contributed by atoms with van der Waals surface area (Å²) in [5.74, 6) is 1.33. The Hall–Kier alpha value is -2.15. The van der Waals surface area contributed by atoms with Crippen LogP contribution in [0.1, 0.15) is 45.5 Å². The minimum atomic E-state index is -0.204. The minimum Gasteiger partial charge on any atom is -0.450 e. The lowest BCUT2D eigenvalue weighted by molar-refractivity contribution is 0.0933. The monoisotopic (exact) mass is 345 g/mol. The highest BCUT2D eigenvalue weighted by Crippen LogP contribution is 2.24. The summed E-state index contributed by atoms with van der Waals surface area (Å²) in [7, 11) is 0. The normalized spacial score (nSPS) is 17.2. The maximum absolute atomic E-state index is 11.8. The van der Waals surface area contributed by atoms with Crippen LogP contribution in [0.5, 0.6) is 0 Å². The highest BCUT2D eigenvalue weighted by Gasteiger charge is 2.28. The summed E-state index contributed by atoms with van der Waals surface area (Å²) in [5.41, 5.74) is 0.863. The molecule has 0 radical (unpaired) electrons. The first-order valence-electron chi connectivity index (χ1n) is 9.07. The number of fused-ring (bicyclic) bond motifs is 1. The summed E-state index contributed by atoms with van der Waals surface area (Å²) < 4.78 is 7.14. The number of hydrogen-bond donors (Lipinski definition) is 1. The van der Waals surface area contributed by atoms with Crippen LogP contribution < -0.4 is 5.32 Å². The van der Waals surface area contributed by atoms with Gasteiger partial charge in [0.25, 0.3) is 0 Å². The highest BCUT2D eigenvalue weighted by molar-refractivity contribution is 5.67. The molecule has 0 aromatic carbocycles. The maximum Gasteiger partial charge on any atom is 0.409 e. The topological polar surface area (TPSA) is 71.8 Å². The van der Waals surface area contributed by atoms with Gasteiger partial charge in [-0.05, 0) is 37.8 Å². The zero-order valence-corrected chi connectivity index (χ0v) is 15.2. The Balaban J connectivity index is 1.67. The molecular weight excluding hydrogens is 318 g/mol. The molecule has 1 saturated heterocycles. The average Bonchev–Trinajstić information content (AvgIpc) is 3.04. The van der Waals surface area contributed by atoms with Crippen molar-refractivity contribution in [2.45, 2.75) is 45.7 Å². The molecule has 1 fully saturated rings. The number of piperidine rings is 1. The van der Waals surface area contributed by atoms with Crippen LogP contribution in [0.4, 0.5) is 4.79 Å². The number of carbonyl (C=O) groups excluding carboxylic acids is 1. The number of nitrogens with zero attached hydrogens (tertiary/aromatic N) is 4. The Labute approximate surface area is 148 Å². The van der Waals surface area contributed by atoms with Gasteiger partial charge in [0.05, 0.1) is 12.6 Å². The lowest BCUT2D eigenvalue weighted by Crippen LogP contribution is -2.47. The first kappa shape index (κ1) is 17.7. The maximum atomic E-state index is 11.8. The Bertz CT molecular complexity index is 706. The van der Waals surface area contributed by atoms with Crippen molar-refractivity contribution in [3.63, 3.8) is 0 Å². The second-order valence-electron chi connectivity index (χ2n) is 6.84. The Morgan fingerprint density at radius 1 is 1.32 bits per heavy atom. The van der Waals surface area contributed by atoms with E-state index in [9.17, 15) is 4.79 Å². The summed E-state index contributed by atoms with van der Waals surface area (Å²) in [6.45, 7) is 8.09. The molecular formula is C18H27N5O2. The molecule has 7 nitrogen and oxygen atoms in total. The van der Waals surface area contributed by atoms with Crippen LogP contribution in [-0.2, 0) is 4.74 Å². The standard InChI is InChI=1S/C18H27N5O2/c1-4-25-18(24)22-11-8-14(9-12-22)19-16(13(2)3)17-21-20-15-7-5-6-10-23(15)17/h5-7,10,13-14,16,19H,4,8-9,11-12H2,1-3H3/t16-/m0/s1. The smallest absolute Gasteiger partial charge is 0.409 e. The molecule has 0 unspecified atom stereocenters. The number of hydrogen-bond acceptors (Lipinski definition) is 5. The van der Waals surface area contributed by atoms with E-state index in [1.54, 1.807) is 4.90 Å². The van der Waals surface area contributed by atoms with Crippen molar-refractivity contribution in [1.29, 1.82) is 0 Å². The average molecular weight is 345 g/mol. The van der Waals surface area contributed by atoms with E-state index in [-0.39, 0.29) is 12.1 Å². The van der Waals surface area contributed by atoms with E-state index >= 15 is 0 Å². The lowest BCUT2D eigenvalue weighted by Gasteiger charge is -2.34. The minimum absolute atomic E-state index is 0.122.